The van der Waals surface area contributed by atoms with Gasteiger partial charge < -0.3 is 10.1 Å². The van der Waals surface area contributed by atoms with Gasteiger partial charge in [0.15, 0.2) is 0 Å². The van der Waals surface area contributed by atoms with Crippen molar-refractivity contribution >= 4 is 15.9 Å². The number of aromatic nitrogens is 2. The molecule has 1 heterocycles. The minimum atomic E-state index is 0.286. The van der Waals surface area contributed by atoms with Gasteiger partial charge in [-0.1, -0.05) is 21.9 Å². The van der Waals surface area contributed by atoms with Gasteiger partial charge in [-0.15, -0.1) is 6.42 Å². The molecule has 2 rings (SSSR count). The van der Waals surface area contributed by atoms with Gasteiger partial charge in [-0.2, -0.15) is 5.10 Å². The fourth-order valence-corrected chi connectivity index (χ4v) is 2.38. The van der Waals surface area contributed by atoms with Crippen LogP contribution in [0.2, 0.25) is 0 Å². The lowest BCUT2D eigenvalue weighted by molar-refractivity contribution is 0.364. The highest BCUT2D eigenvalue weighted by atomic mass is 79.9. The Morgan fingerprint density at radius 3 is 3.10 bits per heavy atom. The topological polar surface area (TPSA) is 39.1 Å². The lowest BCUT2D eigenvalue weighted by Gasteiger charge is -2.11. The second kappa shape index (κ2) is 8.50. The first-order chi connectivity index (χ1) is 10.3. The maximum atomic E-state index is 5.55. The highest BCUT2D eigenvalue weighted by Gasteiger charge is 2.04. The van der Waals surface area contributed by atoms with E-state index < -0.39 is 0 Å². The number of ether oxygens (including phenoxy) is 1. The molecule has 0 aliphatic rings. The minimum Gasteiger partial charge on any atom is -0.481 e. The zero-order valence-corrected chi connectivity index (χ0v) is 13.3. The molecule has 0 atom stereocenters. The Hall–Kier alpha value is -1.77. The van der Waals surface area contributed by atoms with Crippen molar-refractivity contribution in [3.63, 3.8) is 0 Å². The van der Waals surface area contributed by atoms with E-state index in [0.717, 1.165) is 41.8 Å². The Labute approximate surface area is 133 Å². The van der Waals surface area contributed by atoms with Crippen molar-refractivity contribution in [2.24, 2.45) is 0 Å². The van der Waals surface area contributed by atoms with Gasteiger partial charge >= 0.3 is 0 Å². The highest BCUT2D eigenvalue weighted by Crippen LogP contribution is 2.23. The van der Waals surface area contributed by atoms with Crippen LogP contribution < -0.4 is 10.1 Å². The molecule has 1 N–H and O–H groups in total. The first kappa shape index (κ1) is 15.6. The SMILES string of the molecule is C#CCOc1ccc(Br)cc1CNCCCn1cccn1. The number of benzene rings is 1. The average molecular weight is 348 g/mol. The predicted octanol–water partition coefficient (Wildman–Crippen LogP) is 2.84. The number of hydrogen-bond donors (Lipinski definition) is 1. The van der Waals surface area contributed by atoms with Crippen LogP contribution in [0.4, 0.5) is 0 Å². The number of halogens is 1. The normalized spacial score (nSPS) is 10.3. The van der Waals surface area contributed by atoms with Gasteiger partial charge in [0.2, 0.25) is 0 Å². The first-order valence-corrected chi connectivity index (χ1v) is 7.61. The van der Waals surface area contributed by atoms with Crippen LogP contribution in [0, 0.1) is 12.3 Å². The van der Waals surface area contributed by atoms with Gasteiger partial charge in [-0.25, -0.2) is 0 Å². The summed E-state index contributed by atoms with van der Waals surface area (Å²) in [4.78, 5) is 0. The maximum Gasteiger partial charge on any atom is 0.148 e. The molecule has 0 radical (unpaired) electrons. The second-order valence-corrected chi connectivity index (χ2v) is 5.46. The van der Waals surface area contributed by atoms with E-state index in [-0.39, 0.29) is 6.61 Å². The van der Waals surface area contributed by atoms with Crippen molar-refractivity contribution in [1.29, 1.82) is 0 Å². The third-order valence-corrected chi connectivity index (χ3v) is 3.44. The standard InChI is InChI=1S/C16H18BrN3O/c1-2-11-21-16-6-5-15(17)12-14(16)13-18-7-3-9-20-10-4-8-19-20/h1,4-6,8,10,12,18H,3,7,9,11,13H2. The van der Waals surface area contributed by atoms with E-state index in [4.69, 9.17) is 11.2 Å². The monoisotopic (exact) mass is 347 g/mol. The van der Waals surface area contributed by atoms with E-state index in [1.165, 1.54) is 0 Å². The van der Waals surface area contributed by atoms with Crippen molar-refractivity contribution in [1.82, 2.24) is 15.1 Å². The van der Waals surface area contributed by atoms with Crippen LogP contribution in [-0.2, 0) is 13.1 Å². The Bertz CT molecular complexity index is 590. The summed E-state index contributed by atoms with van der Waals surface area (Å²) < 4.78 is 8.51. The molecule has 0 fully saturated rings. The smallest absolute Gasteiger partial charge is 0.148 e. The average Bonchev–Trinajstić information content (AvgIpc) is 2.99. The van der Waals surface area contributed by atoms with Gasteiger partial charge in [0.25, 0.3) is 0 Å². The van der Waals surface area contributed by atoms with Crippen molar-refractivity contribution < 1.29 is 4.74 Å². The number of nitrogens with one attached hydrogen (secondary N) is 1. The quantitative estimate of drug-likeness (QED) is 0.589. The van der Waals surface area contributed by atoms with Gasteiger partial charge in [-0.05, 0) is 37.2 Å². The summed E-state index contributed by atoms with van der Waals surface area (Å²) in [7, 11) is 0. The molecule has 0 saturated carbocycles. The predicted molar refractivity (Wildman–Crippen MR) is 87.0 cm³/mol. The van der Waals surface area contributed by atoms with Crippen LogP contribution in [-0.4, -0.2) is 22.9 Å². The van der Waals surface area contributed by atoms with Crippen LogP contribution in [0.3, 0.4) is 0 Å². The number of nitrogens with zero attached hydrogens (tertiary/aromatic N) is 2. The van der Waals surface area contributed by atoms with E-state index in [2.05, 4.69) is 32.3 Å². The fraction of sp³-hybridized carbons (Fsp3) is 0.312. The van der Waals surface area contributed by atoms with Crippen molar-refractivity contribution in [3.05, 3.63) is 46.7 Å². The van der Waals surface area contributed by atoms with Crippen LogP contribution in [0.25, 0.3) is 0 Å². The molecule has 1 aromatic carbocycles. The molecule has 0 aliphatic heterocycles. The van der Waals surface area contributed by atoms with Crippen LogP contribution in [0.15, 0.2) is 41.1 Å². The second-order valence-electron chi connectivity index (χ2n) is 4.54. The molecular weight excluding hydrogens is 330 g/mol. The summed E-state index contributed by atoms with van der Waals surface area (Å²) in [6.07, 6.45) is 10.0. The lowest BCUT2D eigenvalue weighted by atomic mass is 10.2. The van der Waals surface area contributed by atoms with Crippen LogP contribution in [0.1, 0.15) is 12.0 Å². The van der Waals surface area contributed by atoms with E-state index in [0.29, 0.717) is 0 Å². The van der Waals surface area contributed by atoms with Gasteiger partial charge in [0, 0.05) is 35.5 Å². The summed E-state index contributed by atoms with van der Waals surface area (Å²) in [6.45, 7) is 2.87. The van der Waals surface area contributed by atoms with E-state index in [1.54, 1.807) is 6.20 Å². The molecule has 110 valence electrons. The summed E-state index contributed by atoms with van der Waals surface area (Å²) in [5.41, 5.74) is 1.10. The summed E-state index contributed by atoms with van der Waals surface area (Å²) in [6, 6.07) is 7.87. The molecule has 1 aromatic heterocycles. The van der Waals surface area contributed by atoms with Gasteiger partial charge in [-0.3, -0.25) is 4.68 Å². The zero-order chi connectivity index (χ0) is 14.9. The van der Waals surface area contributed by atoms with Crippen molar-refractivity contribution in [3.8, 4) is 18.1 Å². The fourth-order valence-electron chi connectivity index (χ4n) is 1.97. The largest absolute Gasteiger partial charge is 0.481 e. The zero-order valence-electron chi connectivity index (χ0n) is 11.8. The summed E-state index contributed by atoms with van der Waals surface area (Å²) in [5.74, 6) is 3.32. The van der Waals surface area contributed by atoms with Crippen LogP contribution in [0.5, 0.6) is 5.75 Å². The first-order valence-electron chi connectivity index (χ1n) is 6.82. The molecule has 21 heavy (non-hydrogen) atoms. The summed E-state index contributed by atoms with van der Waals surface area (Å²) >= 11 is 3.48. The molecule has 0 unspecified atom stereocenters. The molecule has 4 nitrogen and oxygen atoms in total. The Morgan fingerprint density at radius 2 is 2.33 bits per heavy atom. The van der Waals surface area contributed by atoms with Crippen molar-refractivity contribution in [2.45, 2.75) is 19.5 Å². The van der Waals surface area contributed by atoms with Crippen molar-refractivity contribution in [2.75, 3.05) is 13.2 Å². The molecule has 0 aliphatic carbocycles. The minimum absolute atomic E-state index is 0.286. The van der Waals surface area contributed by atoms with E-state index in [9.17, 15) is 0 Å². The molecular formula is C16H18BrN3O. The maximum absolute atomic E-state index is 5.55. The third kappa shape index (κ3) is 5.25. The molecule has 5 heteroatoms. The molecule has 0 spiro atoms. The van der Waals surface area contributed by atoms with E-state index in [1.807, 2.05) is 35.1 Å². The molecule has 0 bridgehead atoms. The number of rotatable bonds is 8. The highest BCUT2D eigenvalue weighted by molar-refractivity contribution is 9.10. The molecule has 0 saturated heterocycles. The summed E-state index contributed by atoms with van der Waals surface area (Å²) in [5, 5.41) is 7.59. The number of aryl methyl sites for hydroxylation is 1. The number of hydrogen-bond acceptors (Lipinski definition) is 3. The van der Waals surface area contributed by atoms with Gasteiger partial charge in [0.05, 0.1) is 0 Å². The molecule has 2 aromatic rings. The molecule has 0 amide bonds. The van der Waals surface area contributed by atoms with Crippen LogP contribution >= 0.6 is 15.9 Å². The number of terminal acetylenes is 1. The Morgan fingerprint density at radius 1 is 1.43 bits per heavy atom. The lowest BCUT2D eigenvalue weighted by Crippen LogP contribution is -2.17. The van der Waals surface area contributed by atoms with Gasteiger partial charge in [0.1, 0.15) is 12.4 Å². The van der Waals surface area contributed by atoms with E-state index >= 15 is 0 Å². The third-order valence-electron chi connectivity index (χ3n) is 2.95. The Balaban J connectivity index is 1.78. The Kier molecular flexibility index (Phi) is 6.32.